The first kappa shape index (κ1) is 15.9. The zero-order chi connectivity index (χ0) is 17.3. The Labute approximate surface area is 138 Å². The van der Waals surface area contributed by atoms with Crippen molar-refractivity contribution >= 4 is 11.6 Å². The van der Waals surface area contributed by atoms with Crippen LogP contribution in [-0.4, -0.2) is 39.9 Å². The molecule has 0 spiro atoms. The maximum Gasteiger partial charge on any atom is 0.339 e. The van der Waals surface area contributed by atoms with Gasteiger partial charge in [0.05, 0.1) is 36.2 Å². The van der Waals surface area contributed by atoms with Gasteiger partial charge in [0.15, 0.2) is 5.65 Å². The highest BCUT2D eigenvalue weighted by molar-refractivity contribution is 5.89. The standard InChI is InChI=1S/C17H17N3O4/c1-10-13(17(21)22)8-18-16-15(14(9-23-2)19-20(10)16)11-4-6-12(24-3)7-5-11/h4-8H,9H2,1-3H3,(H,21,22). The van der Waals surface area contributed by atoms with Gasteiger partial charge >= 0.3 is 5.97 Å². The summed E-state index contributed by atoms with van der Waals surface area (Å²) in [5.41, 5.74) is 3.66. The molecule has 1 aromatic carbocycles. The predicted molar refractivity (Wildman–Crippen MR) is 87.4 cm³/mol. The summed E-state index contributed by atoms with van der Waals surface area (Å²) >= 11 is 0. The lowest BCUT2D eigenvalue weighted by molar-refractivity contribution is 0.0695. The fourth-order valence-corrected chi connectivity index (χ4v) is 2.64. The van der Waals surface area contributed by atoms with E-state index in [4.69, 9.17) is 9.47 Å². The van der Waals surface area contributed by atoms with E-state index in [9.17, 15) is 9.90 Å². The van der Waals surface area contributed by atoms with Crippen LogP contribution in [0.4, 0.5) is 0 Å². The number of benzene rings is 1. The van der Waals surface area contributed by atoms with Crippen molar-refractivity contribution in [1.82, 2.24) is 14.6 Å². The van der Waals surface area contributed by atoms with Crippen LogP contribution >= 0.6 is 0 Å². The van der Waals surface area contributed by atoms with Crippen LogP contribution in [0.3, 0.4) is 0 Å². The quantitative estimate of drug-likeness (QED) is 0.775. The topological polar surface area (TPSA) is 86.0 Å². The van der Waals surface area contributed by atoms with E-state index in [1.54, 1.807) is 25.7 Å². The van der Waals surface area contributed by atoms with Gasteiger partial charge in [0.1, 0.15) is 5.75 Å². The highest BCUT2D eigenvalue weighted by Gasteiger charge is 2.20. The second kappa shape index (κ2) is 6.29. The number of carbonyl (C=O) groups is 1. The maximum atomic E-state index is 11.3. The monoisotopic (exact) mass is 327 g/mol. The third-order valence-corrected chi connectivity index (χ3v) is 3.85. The number of aromatic carboxylic acids is 1. The van der Waals surface area contributed by atoms with Gasteiger partial charge in [-0.05, 0) is 24.6 Å². The van der Waals surface area contributed by atoms with Crippen LogP contribution in [0.2, 0.25) is 0 Å². The van der Waals surface area contributed by atoms with Gasteiger partial charge in [-0.15, -0.1) is 0 Å². The summed E-state index contributed by atoms with van der Waals surface area (Å²) in [6.45, 7) is 2.01. The van der Waals surface area contributed by atoms with Crippen LogP contribution in [-0.2, 0) is 11.3 Å². The van der Waals surface area contributed by atoms with E-state index < -0.39 is 5.97 Å². The molecule has 1 N–H and O–H groups in total. The molecule has 0 aliphatic heterocycles. The van der Waals surface area contributed by atoms with E-state index in [0.717, 1.165) is 16.9 Å². The maximum absolute atomic E-state index is 11.3. The molecule has 0 aliphatic carbocycles. The predicted octanol–water partition coefficient (Wildman–Crippen LogP) is 2.56. The van der Waals surface area contributed by atoms with Gasteiger partial charge in [-0.3, -0.25) is 0 Å². The van der Waals surface area contributed by atoms with Crippen LogP contribution in [0.1, 0.15) is 21.7 Å². The van der Waals surface area contributed by atoms with Crippen LogP contribution in [0.25, 0.3) is 16.8 Å². The SMILES string of the molecule is COCc1nn2c(C)c(C(=O)O)cnc2c1-c1ccc(OC)cc1. The zero-order valence-electron chi connectivity index (χ0n) is 13.6. The second-order valence-corrected chi connectivity index (χ2v) is 5.28. The molecule has 2 aromatic heterocycles. The first-order chi connectivity index (χ1) is 11.6. The molecule has 24 heavy (non-hydrogen) atoms. The number of hydrogen-bond acceptors (Lipinski definition) is 5. The molecule has 7 heteroatoms. The lowest BCUT2D eigenvalue weighted by atomic mass is 10.1. The molecule has 0 fully saturated rings. The molecule has 0 saturated carbocycles. The van der Waals surface area contributed by atoms with Crippen molar-refractivity contribution < 1.29 is 19.4 Å². The van der Waals surface area contributed by atoms with E-state index in [2.05, 4.69) is 10.1 Å². The molecule has 3 aromatic rings. The number of fused-ring (bicyclic) bond motifs is 1. The fourth-order valence-electron chi connectivity index (χ4n) is 2.64. The average molecular weight is 327 g/mol. The van der Waals surface area contributed by atoms with Crippen molar-refractivity contribution in [2.24, 2.45) is 0 Å². The van der Waals surface area contributed by atoms with Crippen LogP contribution < -0.4 is 4.74 Å². The highest BCUT2D eigenvalue weighted by Crippen LogP contribution is 2.30. The Morgan fingerprint density at radius 1 is 1.25 bits per heavy atom. The van der Waals surface area contributed by atoms with Crippen molar-refractivity contribution in [1.29, 1.82) is 0 Å². The molecule has 0 atom stereocenters. The number of carboxylic acid groups (broad SMARTS) is 1. The summed E-state index contributed by atoms with van der Waals surface area (Å²) in [5, 5.41) is 13.8. The minimum atomic E-state index is -1.03. The van der Waals surface area contributed by atoms with E-state index in [0.29, 0.717) is 23.6 Å². The first-order valence-corrected chi connectivity index (χ1v) is 7.30. The largest absolute Gasteiger partial charge is 0.497 e. The number of nitrogens with zero attached hydrogens (tertiary/aromatic N) is 3. The van der Waals surface area contributed by atoms with E-state index in [1.165, 1.54) is 6.20 Å². The lowest BCUT2D eigenvalue weighted by Gasteiger charge is -2.05. The van der Waals surface area contributed by atoms with Crippen molar-refractivity contribution in [3.63, 3.8) is 0 Å². The summed E-state index contributed by atoms with van der Waals surface area (Å²) in [5.74, 6) is -0.280. The summed E-state index contributed by atoms with van der Waals surface area (Å²) in [6.07, 6.45) is 1.36. The minimum absolute atomic E-state index is 0.121. The van der Waals surface area contributed by atoms with Gasteiger partial charge in [0.25, 0.3) is 0 Å². The van der Waals surface area contributed by atoms with Gasteiger partial charge in [0.2, 0.25) is 0 Å². The molecule has 0 aliphatic rings. The Kier molecular flexibility index (Phi) is 4.18. The number of methoxy groups -OCH3 is 2. The molecule has 124 valence electrons. The van der Waals surface area contributed by atoms with E-state index >= 15 is 0 Å². The number of ether oxygens (including phenoxy) is 2. The normalized spacial score (nSPS) is 11.0. The fraction of sp³-hybridized carbons (Fsp3) is 0.235. The Hall–Kier alpha value is -2.93. The summed E-state index contributed by atoms with van der Waals surface area (Å²) in [4.78, 5) is 15.6. The molecule has 3 rings (SSSR count). The van der Waals surface area contributed by atoms with Crippen LogP contribution in [0.5, 0.6) is 5.75 Å². The van der Waals surface area contributed by atoms with Gasteiger partial charge in [-0.1, -0.05) is 12.1 Å². The van der Waals surface area contributed by atoms with E-state index in [1.807, 2.05) is 24.3 Å². The summed E-state index contributed by atoms with van der Waals surface area (Å²) < 4.78 is 12.0. The Morgan fingerprint density at radius 2 is 1.96 bits per heavy atom. The third kappa shape index (κ3) is 2.59. The molecule has 0 bridgehead atoms. The van der Waals surface area contributed by atoms with Crippen molar-refractivity contribution in [3.05, 3.63) is 47.4 Å². The summed E-state index contributed by atoms with van der Waals surface area (Å²) in [6, 6.07) is 7.54. The Bertz CT molecular complexity index is 900. The minimum Gasteiger partial charge on any atom is -0.497 e. The van der Waals surface area contributed by atoms with Crippen LogP contribution in [0.15, 0.2) is 30.5 Å². The number of aryl methyl sites for hydroxylation is 1. The third-order valence-electron chi connectivity index (χ3n) is 3.85. The molecule has 2 heterocycles. The molecule has 0 radical (unpaired) electrons. The van der Waals surface area contributed by atoms with Gasteiger partial charge in [0, 0.05) is 13.3 Å². The van der Waals surface area contributed by atoms with Gasteiger partial charge in [-0.25, -0.2) is 14.3 Å². The molecular weight excluding hydrogens is 310 g/mol. The molecular formula is C17H17N3O4. The van der Waals surface area contributed by atoms with Crippen molar-refractivity contribution in [2.75, 3.05) is 14.2 Å². The molecule has 0 amide bonds. The number of carboxylic acids is 1. The van der Waals surface area contributed by atoms with Gasteiger partial charge < -0.3 is 14.6 Å². The Morgan fingerprint density at radius 3 is 2.54 bits per heavy atom. The smallest absolute Gasteiger partial charge is 0.339 e. The van der Waals surface area contributed by atoms with E-state index in [-0.39, 0.29) is 5.56 Å². The zero-order valence-corrected chi connectivity index (χ0v) is 13.6. The Balaban J connectivity index is 2.26. The second-order valence-electron chi connectivity index (χ2n) is 5.28. The molecule has 0 unspecified atom stereocenters. The first-order valence-electron chi connectivity index (χ1n) is 7.30. The molecule has 0 saturated heterocycles. The summed E-state index contributed by atoms with van der Waals surface area (Å²) in [7, 11) is 3.20. The van der Waals surface area contributed by atoms with Gasteiger partial charge in [-0.2, -0.15) is 5.10 Å². The van der Waals surface area contributed by atoms with Crippen molar-refractivity contribution in [3.8, 4) is 16.9 Å². The van der Waals surface area contributed by atoms with Crippen LogP contribution in [0, 0.1) is 6.92 Å². The lowest BCUT2D eigenvalue weighted by Crippen LogP contribution is -2.07. The number of aromatic nitrogens is 3. The number of hydrogen-bond donors (Lipinski definition) is 1. The van der Waals surface area contributed by atoms with Crippen molar-refractivity contribution in [2.45, 2.75) is 13.5 Å². The molecule has 7 nitrogen and oxygen atoms in total. The highest BCUT2D eigenvalue weighted by atomic mass is 16.5. The average Bonchev–Trinajstić information content (AvgIpc) is 2.94. The number of rotatable bonds is 5.